The van der Waals surface area contributed by atoms with Gasteiger partial charge in [-0.1, -0.05) is 0 Å². The number of likely N-dealkylation sites (N-methyl/N-ethyl adjacent to an activating group) is 1. The summed E-state index contributed by atoms with van der Waals surface area (Å²) in [5, 5.41) is 45.8. The summed E-state index contributed by atoms with van der Waals surface area (Å²) < 4.78 is 5.42. The van der Waals surface area contributed by atoms with Crippen LogP contribution in [-0.4, -0.2) is 120 Å². The van der Waals surface area contributed by atoms with Crippen molar-refractivity contribution in [2.75, 3.05) is 59.4 Å². The second-order valence-corrected chi connectivity index (χ2v) is 11.8. The molecule has 3 aliphatic carbocycles. The molecule has 6 atom stereocenters. The Balaban J connectivity index is 1.66. The number of phenols is 1. The number of allylic oxidation sites excluding steroid dienone is 1. The summed E-state index contributed by atoms with van der Waals surface area (Å²) in [5.41, 5.74) is 4.65. The van der Waals surface area contributed by atoms with Crippen LogP contribution >= 0.6 is 0 Å². The summed E-state index contributed by atoms with van der Waals surface area (Å²) in [6.45, 7) is 2.86. The zero-order chi connectivity index (χ0) is 29.3. The smallest absolute Gasteiger partial charge is 0.230 e. The number of anilines is 1. The standard InChI is InChI=1S/C28H38N4O8/c1-30(2)17-11-14(12-32-5-7-40-8-6-32)22(33)19-15(17)9-13-10-16-21(31(3)4)24(35)20(27(29)38)26(37)28(16,39)25(36)18(13)23(19)34/h11,13,16,20-21,24,33,35-36,39H,5-10,12H2,1-4H3,(H2,29,38)/t13-,16-,20?,21-,24?,28-/m0/s1. The van der Waals surface area contributed by atoms with Gasteiger partial charge in [-0.25, -0.2) is 0 Å². The van der Waals surface area contributed by atoms with Crippen LogP contribution in [0, 0.1) is 17.8 Å². The molecule has 40 heavy (non-hydrogen) atoms. The summed E-state index contributed by atoms with van der Waals surface area (Å²) in [6, 6.07) is 0.969. The van der Waals surface area contributed by atoms with E-state index in [1.807, 2.05) is 25.1 Å². The monoisotopic (exact) mass is 558 g/mol. The van der Waals surface area contributed by atoms with Crippen LogP contribution in [0.4, 0.5) is 5.69 Å². The number of aliphatic hydroxyl groups excluding tert-OH is 2. The summed E-state index contributed by atoms with van der Waals surface area (Å²) >= 11 is 0. The normalized spacial score (nSPS) is 32.5. The molecule has 1 saturated heterocycles. The van der Waals surface area contributed by atoms with E-state index >= 15 is 0 Å². The maximum absolute atomic E-state index is 14.1. The number of nitrogens with two attached hydrogens (primary N) is 1. The molecule has 4 aliphatic rings. The Hall–Kier alpha value is -3.03. The van der Waals surface area contributed by atoms with Crippen molar-refractivity contribution in [1.82, 2.24) is 9.80 Å². The number of amides is 1. The largest absolute Gasteiger partial charge is 0.508 e. The van der Waals surface area contributed by atoms with Gasteiger partial charge in [-0.15, -0.1) is 0 Å². The lowest BCUT2D eigenvalue weighted by atomic mass is 9.56. The highest BCUT2D eigenvalue weighted by molar-refractivity contribution is 6.16. The lowest BCUT2D eigenvalue weighted by Gasteiger charge is -2.53. The van der Waals surface area contributed by atoms with Gasteiger partial charge in [0, 0.05) is 62.5 Å². The molecule has 1 aromatic rings. The maximum Gasteiger partial charge on any atom is 0.230 e. The number of ether oxygens (including phenoxy) is 1. The van der Waals surface area contributed by atoms with Crippen LogP contribution < -0.4 is 10.6 Å². The first-order valence-electron chi connectivity index (χ1n) is 13.5. The molecule has 1 saturated carbocycles. The van der Waals surface area contributed by atoms with E-state index in [1.165, 1.54) is 0 Å². The van der Waals surface area contributed by atoms with E-state index < -0.39 is 58.7 Å². The number of primary amides is 1. The highest BCUT2D eigenvalue weighted by Crippen LogP contribution is 2.53. The molecule has 1 aliphatic heterocycles. The van der Waals surface area contributed by atoms with Gasteiger partial charge in [-0.05, 0) is 44.5 Å². The SMILES string of the molecule is CN(C)c1cc(CN2CCOCC2)c(O)c2c1C[C@H]1C[C@H]3[C@H](N(C)C)C(O)C(C(N)=O)C(=O)[C@@]3(O)C(O)=C1C2=O. The molecular weight excluding hydrogens is 520 g/mol. The maximum atomic E-state index is 14.1. The first-order chi connectivity index (χ1) is 18.8. The molecule has 12 nitrogen and oxygen atoms in total. The fraction of sp³-hybridized carbons (Fsp3) is 0.607. The zero-order valence-electron chi connectivity index (χ0n) is 23.3. The van der Waals surface area contributed by atoms with Crippen molar-refractivity contribution < 1.29 is 39.5 Å². The number of carbonyl (C=O) groups excluding carboxylic acids is 3. The van der Waals surface area contributed by atoms with Crippen molar-refractivity contribution in [1.29, 1.82) is 0 Å². The van der Waals surface area contributed by atoms with Gasteiger partial charge in [0.15, 0.2) is 17.2 Å². The summed E-state index contributed by atoms with van der Waals surface area (Å²) in [4.78, 5) is 45.4. The third kappa shape index (κ3) is 4.12. The first-order valence-corrected chi connectivity index (χ1v) is 13.5. The van der Waals surface area contributed by atoms with Gasteiger partial charge in [-0.3, -0.25) is 19.3 Å². The van der Waals surface area contributed by atoms with Crippen molar-refractivity contribution in [3.05, 3.63) is 34.1 Å². The number of hydrogen-bond donors (Lipinski definition) is 5. The fourth-order valence-corrected chi connectivity index (χ4v) is 7.23. The van der Waals surface area contributed by atoms with Crippen LogP contribution in [0.2, 0.25) is 0 Å². The zero-order valence-corrected chi connectivity index (χ0v) is 23.3. The summed E-state index contributed by atoms with van der Waals surface area (Å²) in [7, 11) is 6.97. The Kier molecular flexibility index (Phi) is 7.20. The number of aliphatic hydroxyl groups is 3. The molecule has 0 spiro atoms. The Morgan fingerprint density at radius 2 is 1.82 bits per heavy atom. The van der Waals surface area contributed by atoms with Crippen LogP contribution in [0.15, 0.2) is 17.4 Å². The lowest BCUT2D eigenvalue weighted by Crippen LogP contribution is -2.71. The molecule has 1 aromatic carbocycles. The van der Waals surface area contributed by atoms with E-state index in [0.29, 0.717) is 44.0 Å². The van der Waals surface area contributed by atoms with Gasteiger partial charge in [0.25, 0.3) is 0 Å². The fourth-order valence-electron chi connectivity index (χ4n) is 7.23. The molecule has 0 radical (unpaired) electrons. The second-order valence-electron chi connectivity index (χ2n) is 11.8. The Morgan fingerprint density at radius 3 is 2.40 bits per heavy atom. The van der Waals surface area contributed by atoms with Gasteiger partial charge in [0.1, 0.15) is 17.4 Å². The minimum absolute atomic E-state index is 0.0354. The Bertz CT molecular complexity index is 1290. The topological polar surface area (TPSA) is 177 Å². The van der Waals surface area contributed by atoms with Crippen LogP contribution in [-0.2, 0) is 27.3 Å². The molecule has 0 aromatic heterocycles. The molecule has 1 amide bonds. The van der Waals surface area contributed by atoms with Gasteiger partial charge in [-0.2, -0.15) is 0 Å². The number of morpholine rings is 1. The highest BCUT2D eigenvalue weighted by Gasteiger charge is 2.66. The van der Waals surface area contributed by atoms with E-state index in [2.05, 4.69) is 4.90 Å². The van der Waals surface area contributed by atoms with Gasteiger partial charge < -0.3 is 40.7 Å². The molecule has 5 rings (SSSR count). The number of phenolic OH excluding ortho intramolecular Hbond substituents is 1. The van der Waals surface area contributed by atoms with Gasteiger partial charge in [0.2, 0.25) is 5.91 Å². The van der Waals surface area contributed by atoms with Crippen LogP contribution in [0.5, 0.6) is 5.75 Å². The molecular formula is C28H38N4O8. The Morgan fingerprint density at radius 1 is 1.18 bits per heavy atom. The number of hydrogen-bond acceptors (Lipinski definition) is 11. The Labute approximate surface area is 232 Å². The van der Waals surface area contributed by atoms with Gasteiger partial charge >= 0.3 is 0 Å². The molecule has 218 valence electrons. The van der Waals surface area contributed by atoms with Crippen LogP contribution in [0.3, 0.4) is 0 Å². The van der Waals surface area contributed by atoms with Crippen molar-refractivity contribution in [2.24, 2.45) is 23.5 Å². The molecule has 0 bridgehead atoms. The lowest BCUT2D eigenvalue weighted by molar-refractivity contribution is -0.178. The van der Waals surface area contributed by atoms with Crippen molar-refractivity contribution >= 4 is 23.2 Å². The van der Waals surface area contributed by atoms with Crippen molar-refractivity contribution in [2.45, 2.75) is 37.1 Å². The average Bonchev–Trinajstić information content (AvgIpc) is 2.87. The first kappa shape index (κ1) is 28.5. The number of rotatable bonds is 5. The molecule has 1 heterocycles. The van der Waals surface area contributed by atoms with E-state index in [1.54, 1.807) is 19.0 Å². The quantitative estimate of drug-likeness (QED) is 0.286. The number of ketones is 2. The minimum Gasteiger partial charge on any atom is -0.508 e. The predicted molar refractivity (Wildman–Crippen MR) is 144 cm³/mol. The number of nitrogens with zero attached hydrogens (tertiary/aromatic N) is 3. The van der Waals surface area contributed by atoms with E-state index in [0.717, 1.165) is 5.69 Å². The average molecular weight is 559 g/mol. The molecule has 2 unspecified atom stereocenters. The minimum atomic E-state index is -2.60. The number of carbonyl (C=O) groups is 3. The molecule has 12 heteroatoms. The van der Waals surface area contributed by atoms with Gasteiger partial charge in [0.05, 0.1) is 24.9 Å². The number of fused-ring (bicyclic) bond motifs is 3. The number of benzene rings is 1. The van der Waals surface area contributed by atoms with Crippen molar-refractivity contribution in [3.8, 4) is 5.75 Å². The highest BCUT2D eigenvalue weighted by atomic mass is 16.5. The third-order valence-corrected chi connectivity index (χ3v) is 9.13. The van der Waals surface area contributed by atoms with E-state index in [-0.39, 0.29) is 29.7 Å². The molecule has 2 fully saturated rings. The predicted octanol–water partition coefficient (Wildman–Crippen LogP) is -0.816. The van der Waals surface area contributed by atoms with Crippen LogP contribution in [0.25, 0.3) is 0 Å². The third-order valence-electron chi connectivity index (χ3n) is 9.13. The summed E-state index contributed by atoms with van der Waals surface area (Å²) in [6.07, 6.45) is -1.16. The second kappa shape index (κ2) is 10.1. The van der Waals surface area contributed by atoms with Crippen molar-refractivity contribution in [3.63, 3.8) is 0 Å². The number of Topliss-reactive ketones (excluding diaryl/α,β-unsaturated/α-hetero) is 2. The summed E-state index contributed by atoms with van der Waals surface area (Å²) in [5.74, 6) is -7.33. The van der Waals surface area contributed by atoms with Crippen LogP contribution in [0.1, 0.15) is 27.9 Å². The van der Waals surface area contributed by atoms with E-state index in [9.17, 15) is 34.8 Å². The molecule has 6 N–H and O–H groups in total. The number of aromatic hydroxyl groups is 1. The van der Waals surface area contributed by atoms with E-state index in [4.69, 9.17) is 10.5 Å².